The van der Waals surface area contributed by atoms with E-state index >= 15 is 0 Å². The van der Waals surface area contributed by atoms with Gasteiger partial charge in [-0.05, 0) is 24.6 Å². The zero-order chi connectivity index (χ0) is 17.3. The molecule has 1 saturated heterocycles. The van der Waals surface area contributed by atoms with E-state index in [2.05, 4.69) is 5.32 Å². The van der Waals surface area contributed by atoms with E-state index in [-0.39, 0.29) is 17.5 Å². The van der Waals surface area contributed by atoms with Crippen LogP contribution in [0.3, 0.4) is 0 Å². The number of rotatable bonds is 3. The summed E-state index contributed by atoms with van der Waals surface area (Å²) in [6.45, 7) is 2.45. The van der Waals surface area contributed by atoms with Crippen molar-refractivity contribution >= 4 is 17.5 Å². The summed E-state index contributed by atoms with van der Waals surface area (Å²) in [7, 11) is 1.68. The molecule has 1 aliphatic rings. The molecule has 1 aliphatic heterocycles. The molecule has 3 rings (SSSR count). The third-order valence-electron chi connectivity index (χ3n) is 4.43. The number of nitrogens with one attached hydrogen (secondary N) is 1. The number of amides is 2. The minimum Gasteiger partial charge on any atom is -0.344 e. The van der Waals surface area contributed by atoms with Crippen LogP contribution in [0.1, 0.15) is 17.0 Å². The minimum absolute atomic E-state index is 0.0903. The summed E-state index contributed by atoms with van der Waals surface area (Å²) in [6, 6.07) is 13.7. The first-order valence-electron chi connectivity index (χ1n) is 7.84. The maximum Gasteiger partial charge on any atom is 0.237 e. The average molecular weight is 326 g/mol. The summed E-state index contributed by atoms with van der Waals surface area (Å²) in [4.78, 5) is 26.6. The molecule has 24 heavy (non-hydrogen) atoms. The number of likely N-dealkylation sites (N-methyl/N-ethyl adjacent to an activating group) is 1. The zero-order valence-corrected chi connectivity index (χ0v) is 13.6. The average Bonchev–Trinajstić information content (AvgIpc) is 2.86. The van der Waals surface area contributed by atoms with Gasteiger partial charge in [0.2, 0.25) is 11.8 Å². The van der Waals surface area contributed by atoms with E-state index in [0.29, 0.717) is 6.54 Å². The fourth-order valence-corrected chi connectivity index (χ4v) is 3.08. The molecule has 1 N–H and O–H groups in total. The molecule has 0 radical (unpaired) electrons. The lowest BCUT2D eigenvalue weighted by molar-refractivity contribution is -0.135. The van der Waals surface area contributed by atoms with Crippen LogP contribution in [-0.2, 0) is 9.59 Å². The highest BCUT2D eigenvalue weighted by atomic mass is 19.1. The van der Waals surface area contributed by atoms with Crippen LogP contribution in [0, 0.1) is 18.7 Å². The van der Waals surface area contributed by atoms with Gasteiger partial charge in [0.1, 0.15) is 11.7 Å². The van der Waals surface area contributed by atoms with Crippen molar-refractivity contribution in [1.82, 2.24) is 4.90 Å². The normalized spacial score (nSPS) is 20.3. The van der Waals surface area contributed by atoms with E-state index in [4.69, 9.17) is 0 Å². The molecular weight excluding hydrogens is 307 g/mol. The van der Waals surface area contributed by atoms with Gasteiger partial charge in [0.05, 0.1) is 5.69 Å². The zero-order valence-electron chi connectivity index (χ0n) is 13.6. The van der Waals surface area contributed by atoms with Gasteiger partial charge in [-0.3, -0.25) is 9.59 Å². The van der Waals surface area contributed by atoms with Crippen LogP contribution >= 0.6 is 0 Å². The van der Waals surface area contributed by atoms with E-state index in [1.807, 2.05) is 31.2 Å². The summed E-state index contributed by atoms with van der Waals surface area (Å²) < 4.78 is 13.8. The van der Waals surface area contributed by atoms with Crippen LogP contribution in [0.5, 0.6) is 0 Å². The Hall–Kier alpha value is -2.69. The van der Waals surface area contributed by atoms with Crippen molar-refractivity contribution < 1.29 is 14.0 Å². The van der Waals surface area contributed by atoms with Gasteiger partial charge in [0, 0.05) is 19.5 Å². The Labute approximate surface area is 140 Å². The summed E-state index contributed by atoms with van der Waals surface area (Å²) in [5, 5.41) is 2.55. The van der Waals surface area contributed by atoms with Gasteiger partial charge in [-0.25, -0.2) is 4.39 Å². The monoisotopic (exact) mass is 326 g/mol. The number of anilines is 1. The van der Waals surface area contributed by atoms with Gasteiger partial charge in [-0.1, -0.05) is 42.0 Å². The quantitative estimate of drug-likeness (QED) is 0.882. The van der Waals surface area contributed by atoms with Gasteiger partial charge >= 0.3 is 0 Å². The molecule has 2 atom stereocenters. The number of carbonyl (C=O) groups excluding carboxylic acids is 2. The van der Waals surface area contributed by atoms with Crippen LogP contribution in [0.25, 0.3) is 0 Å². The Kier molecular flexibility index (Phi) is 4.34. The van der Waals surface area contributed by atoms with Crippen molar-refractivity contribution in [1.29, 1.82) is 0 Å². The molecule has 1 heterocycles. The highest BCUT2D eigenvalue weighted by molar-refractivity contribution is 6.08. The molecule has 2 unspecified atom stereocenters. The third kappa shape index (κ3) is 3.02. The lowest BCUT2D eigenvalue weighted by Gasteiger charge is -2.17. The van der Waals surface area contributed by atoms with E-state index in [9.17, 15) is 14.0 Å². The first kappa shape index (κ1) is 16.2. The fourth-order valence-electron chi connectivity index (χ4n) is 3.08. The lowest BCUT2D eigenvalue weighted by atomic mass is 9.87. The molecule has 0 aromatic heterocycles. The molecule has 124 valence electrons. The molecule has 0 saturated carbocycles. The standard InChI is InChI=1S/C19H19FN2O2/c1-12-7-9-13(10-8-12)14-11-22(2)19(24)17(14)18(23)21-16-6-4-3-5-15(16)20/h3-10,14,17H,11H2,1-2H3,(H,21,23). The number of hydrogen-bond donors (Lipinski definition) is 1. The molecule has 2 aromatic carbocycles. The Balaban J connectivity index is 1.87. The number of aryl methyl sites for hydroxylation is 1. The van der Waals surface area contributed by atoms with E-state index in [0.717, 1.165) is 11.1 Å². The maximum atomic E-state index is 13.8. The summed E-state index contributed by atoms with van der Waals surface area (Å²) in [6.07, 6.45) is 0. The molecule has 0 bridgehead atoms. The first-order valence-corrected chi connectivity index (χ1v) is 7.84. The van der Waals surface area contributed by atoms with E-state index in [1.165, 1.54) is 12.1 Å². The molecule has 5 heteroatoms. The molecule has 2 amide bonds. The van der Waals surface area contributed by atoms with Crippen molar-refractivity contribution in [3.8, 4) is 0 Å². The van der Waals surface area contributed by atoms with Crippen molar-refractivity contribution in [3.05, 3.63) is 65.5 Å². The Morgan fingerprint density at radius 1 is 1.17 bits per heavy atom. The Morgan fingerprint density at radius 3 is 2.50 bits per heavy atom. The second-order valence-electron chi connectivity index (χ2n) is 6.18. The van der Waals surface area contributed by atoms with Crippen molar-refractivity contribution in [3.63, 3.8) is 0 Å². The maximum absolute atomic E-state index is 13.8. The number of para-hydroxylation sites is 1. The van der Waals surface area contributed by atoms with Gasteiger partial charge in [0.15, 0.2) is 0 Å². The minimum atomic E-state index is -0.850. The van der Waals surface area contributed by atoms with Gasteiger partial charge in [-0.2, -0.15) is 0 Å². The lowest BCUT2D eigenvalue weighted by Crippen LogP contribution is -2.32. The number of likely N-dealkylation sites (tertiary alicyclic amines) is 1. The molecule has 0 aliphatic carbocycles. The highest BCUT2D eigenvalue weighted by Crippen LogP contribution is 2.34. The van der Waals surface area contributed by atoms with E-state index < -0.39 is 17.6 Å². The molecule has 0 spiro atoms. The van der Waals surface area contributed by atoms with Crippen LogP contribution in [-0.4, -0.2) is 30.3 Å². The van der Waals surface area contributed by atoms with Crippen molar-refractivity contribution in [2.24, 2.45) is 5.92 Å². The predicted molar refractivity (Wildman–Crippen MR) is 90.1 cm³/mol. The van der Waals surface area contributed by atoms with Crippen LogP contribution in [0.15, 0.2) is 48.5 Å². The van der Waals surface area contributed by atoms with Crippen molar-refractivity contribution in [2.45, 2.75) is 12.8 Å². The SMILES string of the molecule is Cc1ccc(C2CN(C)C(=O)C2C(=O)Nc2ccccc2F)cc1. The topological polar surface area (TPSA) is 49.4 Å². The van der Waals surface area contributed by atoms with Crippen LogP contribution < -0.4 is 5.32 Å². The number of nitrogens with zero attached hydrogens (tertiary/aromatic N) is 1. The van der Waals surface area contributed by atoms with Gasteiger partial charge in [0.25, 0.3) is 0 Å². The summed E-state index contributed by atoms with van der Waals surface area (Å²) >= 11 is 0. The fraction of sp³-hybridized carbons (Fsp3) is 0.263. The molecular formula is C19H19FN2O2. The van der Waals surface area contributed by atoms with Gasteiger partial charge < -0.3 is 10.2 Å². The largest absolute Gasteiger partial charge is 0.344 e. The number of hydrogen-bond acceptors (Lipinski definition) is 2. The number of halogens is 1. The number of carbonyl (C=O) groups is 2. The second kappa shape index (κ2) is 6.43. The molecule has 2 aromatic rings. The molecule has 1 fully saturated rings. The van der Waals surface area contributed by atoms with Crippen LogP contribution in [0.2, 0.25) is 0 Å². The first-order chi connectivity index (χ1) is 11.5. The van der Waals surface area contributed by atoms with Crippen molar-refractivity contribution in [2.75, 3.05) is 18.9 Å². The van der Waals surface area contributed by atoms with Crippen LogP contribution in [0.4, 0.5) is 10.1 Å². The number of benzene rings is 2. The highest BCUT2D eigenvalue weighted by Gasteiger charge is 2.44. The van der Waals surface area contributed by atoms with Gasteiger partial charge in [-0.15, -0.1) is 0 Å². The third-order valence-corrected chi connectivity index (χ3v) is 4.43. The molecule has 4 nitrogen and oxygen atoms in total. The Bertz CT molecular complexity index is 773. The van der Waals surface area contributed by atoms with E-state index in [1.54, 1.807) is 24.1 Å². The summed E-state index contributed by atoms with van der Waals surface area (Å²) in [5.74, 6) is -2.32. The predicted octanol–water partition coefficient (Wildman–Crippen LogP) is 2.94. The Morgan fingerprint density at radius 2 is 1.83 bits per heavy atom. The smallest absolute Gasteiger partial charge is 0.237 e. The second-order valence-corrected chi connectivity index (χ2v) is 6.18. The summed E-state index contributed by atoms with van der Waals surface area (Å²) in [5.41, 5.74) is 2.14.